The Balaban J connectivity index is 1.89. The average Bonchev–Trinajstić information content (AvgIpc) is 3.35. The quantitative estimate of drug-likeness (QED) is 0.386. The lowest BCUT2D eigenvalue weighted by Crippen LogP contribution is -2.39. The fourth-order valence-electron chi connectivity index (χ4n) is 4.13. The summed E-state index contributed by atoms with van der Waals surface area (Å²) in [5, 5.41) is -0.518. The van der Waals surface area contributed by atoms with E-state index in [2.05, 4.69) is 6.58 Å². The van der Waals surface area contributed by atoms with Gasteiger partial charge in [-0.15, -0.1) is 6.58 Å². The maximum atomic E-state index is 14.0. The fourth-order valence-corrected chi connectivity index (χ4v) is 6.10. The molecular weight excluding hydrogens is 438 g/mol. The van der Waals surface area contributed by atoms with Crippen LogP contribution in [0, 0.1) is 0 Å². The molecule has 1 aliphatic rings. The fraction of sp³-hybridized carbons (Fsp3) is 0.462. The van der Waals surface area contributed by atoms with E-state index >= 15 is 0 Å². The molecule has 180 valence electrons. The molecule has 1 heterocycles. The smallest absolute Gasteiger partial charge is 0.217 e. The van der Waals surface area contributed by atoms with Crippen molar-refractivity contribution in [3.63, 3.8) is 0 Å². The average molecular weight is 474 g/mol. The molecule has 0 N–H and O–H groups in total. The van der Waals surface area contributed by atoms with Crippen molar-refractivity contribution in [2.75, 3.05) is 20.8 Å². The standard InChI is InChI=1S/C26H35NO5S/c1-4-5-8-26(18-25-7-6-17-32-25)33(28,29)27(19-21-9-13-23(30-2)14-10-21)20-22-11-15-24(31-3)16-12-22/h4,9-16,25-26H,1,5-8,17-20H2,2-3H3/t25-,26?/m0/s1. The molecule has 0 saturated carbocycles. The molecule has 1 unspecified atom stereocenters. The monoisotopic (exact) mass is 473 g/mol. The third-order valence-corrected chi connectivity index (χ3v) is 8.31. The van der Waals surface area contributed by atoms with E-state index in [0.29, 0.717) is 25.9 Å². The molecule has 0 aromatic heterocycles. The van der Waals surface area contributed by atoms with E-state index in [1.807, 2.05) is 48.5 Å². The molecule has 33 heavy (non-hydrogen) atoms. The maximum absolute atomic E-state index is 14.0. The second kappa shape index (κ2) is 12.2. The third kappa shape index (κ3) is 7.06. The van der Waals surface area contributed by atoms with Gasteiger partial charge < -0.3 is 14.2 Å². The van der Waals surface area contributed by atoms with Crippen LogP contribution in [0.25, 0.3) is 0 Å². The van der Waals surface area contributed by atoms with Gasteiger partial charge in [0.1, 0.15) is 11.5 Å². The normalized spacial score (nSPS) is 17.1. The summed E-state index contributed by atoms with van der Waals surface area (Å²) in [5.74, 6) is 1.48. The van der Waals surface area contributed by atoms with Gasteiger partial charge in [0.15, 0.2) is 0 Å². The summed E-state index contributed by atoms with van der Waals surface area (Å²) in [6.07, 6.45) is 5.38. The van der Waals surface area contributed by atoms with E-state index in [0.717, 1.165) is 35.5 Å². The van der Waals surface area contributed by atoms with Gasteiger partial charge >= 0.3 is 0 Å². The summed E-state index contributed by atoms with van der Waals surface area (Å²) in [6.45, 7) is 5.08. The number of ether oxygens (including phenoxy) is 3. The van der Waals surface area contributed by atoms with Crippen molar-refractivity contribution in [1.29, 1.82) is 0 Å². The number of benzene rings is 2. The van der Waals surface area contributed by atoms with E-state index in [9.17, 15) is 8.42 Å². The molecule has 0 amide bonds. The Morgan fingerprint density at radius 3 is 2.00 bits per heavy atom. The van der Waals surface area contributed by atoms with Crippen molar-refractivity contribution >= 4 is 10.0 Å². The number of rotatable bonds is 13. The summed E-state index contributed by atoms with van der Waals surface area (Å²) in [6, 6.07) is 15.1. The van der Waals surface area contributed by atoms with E-state index in [4.69, 9.17) is 14.2 Å². The molecular formula is C26H35NO5S. The number of nitrogens with zero attached hydrogens (tertiary/aromatic N) is 1. The van der Waals surface area contributed by atoms with Crippen LogP contribution in [0.2, 0.25) is 0 Å². The summed E-state index contributed by atoms with van der Waals surface area (Å²) in [5.41, 5.74) is 1.82. The highest BCUT2D eigenvalue weighted by molar-refractivity contribution is 7.89. The predicted octanol–water partition coefficient (Wildman–Crippen LogP) is 4.94. The third-order valence-electron chi connectivity index (χ3n) is 6.06. The van der Waals surface area contributed by atoms with Crippen LogP contribution >= 0.6 is 0 Å². The number of hydrogen-bond acceptors (Lipinski definition) is 5. The van der Waals surface area contributed by atoms with Crippen molar-refractivity contribution in [3.8, 4) is 11.5 Å². The van der Waals surface area contributed by atoms with Gasteiger partial charge in [-0.25, -0.2) is 8.42 Å². The molecule has 2 atom stereocenters. The zero-order valence-electron chi connectivity index (χ0n) is 19.6. The van der Waals surface area contributed by atoms with Crippen LogP contribution in [-0.2, 0) is 27.8 Å². The molecule has 2 aromatic rings. The van der Waals surface area contributed by atoms with Crippen molar-refractivity contribution in [3.05, 3.63) is 72.3 Å². The van der Waals surface area contributed by atoms with Gasteiger partial charge in [0.05, 0.1) is 25.6 Å². The van der Waals surface area contributed by atoms with Crippen molar-refractivity contribution in [2.45, 2.75) is 56.5 Å². The molecule has 3 rings (SSSR count). The molecule has 0 spiro atoms. The van der Waals surface area contributed by atoms with Gasteiger partial charge in [0.25, 0.3) is 0 Å². The Kier molecular flexibility index (Phi) is 9.35. The minimum atomic E-state index is -3.61. The van der Waals surface area contributed by atoms with E-state index in [1.165, 1.54) is 0 Å². The van der Waals surface area contributed by atoms with E-state index in [1.54, 1.807) is 24.6 Å². The molecule has 2 aromatic carbocycles. The first-order chi connectivity index (χ1) is 16.0. The molecule has 0 bridgehead atoms. The first-order valence-electron chi connectivity index (χ1n) is 11.4. The lowest BCUT2D eigenvalue weighted by Gasteiger charge is -2.29. The topological polar surface area (TPSA) is 65.1 Å². The van der Waals surface area contributed by atoms with E-state index in [-0.39, 0.29) is 19.2 Å². The molecule has 1 fully saturated rings. The number of hydrogen-bond donors (Lipinski definition) is 0. The molecule has 0 radical (unpaired) electrons. The Morgan fingerprint density at radius 1 is 1.03 bits per heavy atom. The van der Waals surface area contributed by atoms with E-state index < -0.39 is 15.3 Å². The summed E-state index contributed by atoms with van der Waals surface area (Å²) in [4.78, 5) is 0. The van der Waals surface area contributed by atoms with Crippen LogP contribution in [0.15, 0.2) is 61.2 Å². The highest BCUT2D eigenvalue weighted by Gasteiger charge is 2.34. The molecule has 7 heteroatoms. The van der Waals surface area contributed by atoms with Crippen LogP contribution in [0.4, 0.5) is 0 Å². The minimum absolute atomic E-state index is 0.00147. The SMILES string of the molecule is C=CCCC(C[C@@H]1CCCO1)S(=O)(=O)N(Cc1ccc(OC)cc1)Cc1ccc(OC)cc1. The lowest BCUT2D eigenvalue weighted by atomic mass is 10.1. The second-order valence-electron chi connectivity index (χ2n) is 8.37. The van der Waals surface area contributed by atoms with Gasteiger partial charge in [-0.2, -0.15) is 4.31 Å². The highest BCUT2D eigenvalue weighted by Crippen LogP contribution is 2.28. The number of allylic oxidation sites excluding steroid dienone is 1. The Bertz CT molecular complexity index is 917. The number of methoxy groups -OCH3 is 2. The first-order valence-corrected chi connectivity index (χ1v) is 12.9. The van der Waals surface area contributed by atoms with Crippen LogP contribution in [0.3, 0.4) is 0 Å². The maximum Gasteiger partial charge on any atom is 0.217 e. The van der Waals surface area contributed by atoms with Crippen molar-refractivity contribution in [1.82, 2.24) is 4.31 Å². The molecule has 6 nitrogen and oxygen atoms in total. The van der Waals surface area contributed by atoms with Crippen molar-refractivity contribution in [2.24, 2.45) is 0 Å². The van der Waals surface area contributed by atoms with Gasteiger partial charge in [-0.1, -0.05) is 30.3 Å². The highest BCUT2D eigenvalue weighted by atomic mass is 32.2. The Hall–Kier alpha value is -2.35. The summed E-state index contributed by atoms with van der Waals surface area (Å²) >= 11 is 0. The summed E-state index contributed by atoms with van der Waals surface area (Å²) in [7, 11) is -0.376. The summed E-state index contributed by atoms with van der Waals surface area (Å²) < 4.78 is 45.8. The van der Waals surface area contributed by atoms with Gasteiger partial charge in [0.2, 0.25) is 10.0 Å². The Morgan fingerprint density at radius 2 is 1.58 bits per heavy atom. The van der Waals surface area contributed by atoms with Crippen molar-refractivity contribution < 1.29 is 22.6 Å². The molecule has 0 aliphatic carbocycles. The second-order valence-corrected chi connectivity index (χ2v) is 10.6. The zero-order valence-corrected chi connectivity index (χ0v) is 20.4. The van der Waals surface area contributed by atoms with Gasteiger partial charge in [-0.05, 0) is 67.5 Å². The van der Waals surface area contributed by atoms with Gasteiger partial charge in [0, 0.05) is 19.7 Å². The minimum Gasteiger partial charge on any atom is -0.497 e. The van der Waals surface area contributed by atoms with Crippen LogP contribution < -0.4 is 9.47 Å². The molecule has 1 saturated heterocycles. The lowest BCUT2D eigenvalue weighted by molar-refractivity contribution is 0.102. The van der Waals surface area contributed by atoms with Gasteiger partial charge in [-0.3, -0.25) is 0 Å². The zero-order chi connectivity index (χ0) is 23.7. The largest absolute Gasteiger partial charge is 0.497 e. The Labute approximate surface area is 198 Å². The van der Waals surface area contributed by atoms with Crippen LogP contribution in [0.1, 0.15) is 43.2 Å². The first kappa shape index (κ1) is 25.3. The predicted molar refractivity (Wildman–Crippen MR) is 131 cm³/mol. The van der Waals surface area contributed by atoms with Crippen LogP contribution in [-0.4, -0.2) is 44.9 Å². The number of sulfonamides is 1. The molecule has 1 aliphatic heterocycles. The van der Waals surface area contributed by atoms with Crippen LogP contribution in [0.5, 0.6) is 11.5 Å².